The van der Waals surface area contributed by atoms with Gasteiger partial charge in [-0.2, -0.15) is 18.4 Å². The van der Waals surface area contributed by atoms with Gasteiger partial charge in [0.05, 0.1) is 5.02 Å². The Bertz CT molecular complexity index is 658. The minimum atomic E-state index is -4.78. The van der Waals surface area contributed by atoms with Gasteiger partial charge in [0.25, 0.3) is 10.1 Å². The fourth-order valence-corrected chi connectivity index (χ4v) is 2.51. The highest BCUT2D eigenvalue weighted by Crippen LogP contribution is 2.41. The normalized spacial score (nSPS) is 10.4. The molecule has 0 heterocycles. The van der Waals surface area contributed by atoms with Crippen molar-refractivity contribution in [3.8, 4) is 0 Å². The molecule has 18 heavy (non-hydrogen) atoms. The zero-order valence-corrected chi connectivity index (χ0v) is 10.4. The van der Waals surface area contributed by atoms with Gasteiger partial charge >= 0.3 is 0 Å². The summed E-state index contributed by atoms with van der Waals surface area (Å²) >= 11 is 5.70. The Labute approximate surface area is 107 Å². The first-order valence-corrected chi connectivity index (χ1v) is 6.11. The Balaban J connectivity index is 4.01. The van der Waals surface area contributed by atoms with E-state index in [1.54, 1.807) is 0 Å². The summed E-state index contributed by atoms with van der Waals surface area (Å²) in [7, 11) is -4.78. The molecule has 9 heteroatoms. The molecule has 1 N–H and O–H groups in total. The van der Waals surface area contributed by atoms with E-state index in [4.69, 9.17) is 16.2 Å². The molecule has 0 aliphatic rings. The van der Waals surface area contributed by atoms with Crippen LogP contribution in [0.2, 0.25) is 5.02 Å². The molecule has 0 aliphatic carbocycles. The molecule has 0 atom stereocenters. The van der Waals surface area contributed by atoms with Gasteiger partial charge in [-0.15, -0.1) is 0 Å². The van der Waals surface area contributed by atoms with E-state index < -0.39 is 20.7 Å². The molecular weight excluding hydrogens is 284 g/mol. The minimum absolute atomic E-state index is 0.195. The van der Waals surface area contributed by atoms with Crippen molar-refractivity contribution >= 4 is 45.3 Å². The van der Waals surface area contributed by atoms with Crippen molar-refractivity contribution in [1.29, 1.82) is 0 Å². The maximum atomic E-state index is 11.2. The lowest BCUT2D eigenvalue weighted by Crippen LogP contribution is -2.01. The van der Waals surface area contributed by atoms with E-state index >= 15 is 0 Å². The number of halogens is 1. The monoisotopic (exact) mass is 288 g/mol. The van der Waals surface area contributed by atoms with E-state index in [9.17, 15) is 18.0 Å². The van der Waals surface area contributed by atoms with Crippen LogP contribution in [0.5, 0.6) is 0 Å². The Hall–Kier alpha value is -1.82. The van der Waals surface area contributed by atoms with Crippen molar-refractivity contribution < 1.29 is 22.6 Å². The van der Waals surface area contributed by atoms with E-state index in [1.165, 1.54) is 13.0 Å². The van der Waals surface area contributed by atoms with E-state index in [1.807, 2.05) is 0 Å². The second-order valence-corrected chi connectivity index (χ2v) is 4.85. The molecule has 0 unspecified atom stereocenters. The Morgan fingerprint density at radius 3 is 2.17 bits per heavy atom. The highest BCUT2D eigenvalue weighted by atomic mass is 35.5. The molecule has 7 nitrogen and oxygen atoms in total. The predicted molar refractivity (Wildman–Crippen MR) is 61.6 cm³/mol. The SMILES string of the molecule is Cc1cc(Cl)c(N=C=O)c(S(=O)(=O)O)c1N=C=O. The van der Waals surface area contributed by atoms with E-state index in [0.29, 0.717) is 0 Å². The Morgan fingerprint density at radius 2 is 1.72 bits per heavy atom. The molecule has 0 saturated heterocycles. The zero-order valence-electron chi connectivity index (χ0n) is 8.84. The van der Waals surface area contributed by atoms with Crippen LogP contribution in [0.25, 0.3) is 0 Å². The molecule has 94 valence electrons. The summed E-state index contributed by atoms with van der Waals surface area (Å²) in [5.41, 5.74) is -0.722. The number of nitrogens with zero attached hydrogens (tertiary/aromatic N) is 2. The van der Waals surface area contributed by atoms with Crippen molar-refractivity contribution in [1.82, 2.24) is 0 Å². The molecule has 0 bridgehead atoms. The molecule has 0 aliphatic heterocycles. The molecule has 1 aromatic carbocycles. The fraction of sp³-hybridized carbons (Fsp3) is 0.111. The molecule has 1 rings (SSSR count). The summed E-state index contributed by atoms with van der Waals surface area (Å²) in [6.45, 7) is 1.41. The number of aryl methyl sites for hydroxylation is 1. The Kier molecular flexibility index (Phi) is 4.13. The third kappa shape index (κ3) is 2.70. The van der Waals surface area contributed by atoms with Gasteiger partial charge in [-0.3, -0.25) is 4.55 Å². The molecule has 1 aromatic rings. The van der Waals surface area contributed by atoms with Crippen LogP contribution in [0.15, 0.2) is 20.9 Å². The maximum absolute atomic E-state index is 11.2. The standard InChI is InChI=1S/C9H5ClN2O5S/c1-5-2-6(10)8(12-4-14)9(18(15,16)17)7(5)11-3-13/h2H,1H3,(H,15,16,17). The first-order valence-electron chi connectivity index (χ1n) is 4.29. The third-order valence-electron chi connectivity index (χ3n) is 1.95. The summed E-state index contributed by atoms with van der Waals surface area (Å²) in [6, 6.07) is 1.24. The maximum Gasteiger partial charge on any atom is 0.298 e. The number of hydrogen-bond acceptors (Lipinski definition) is 6. The lowest BCUT2D eigenvalue weighted by atomic mass is 10.2. The number of carbonyl (C=O) groups excluding carboxylic acids is 2. The number of aliphatic imine (C=N–C) groups is 2. The third-order valence-corrected chi connectivity index (χ3v) is 3.14. The van der Waals surface area contributed by atoms with E-state index in [-0.39, 0.29) is 16.3 Å². The van der Waals surface area contributed by atoms with Crippen LogP contribution in [-0.4, -0.2) is 25.1 Å². The average molecular weight is 289 g/mol. The molecule has 0 radical (unpaired) electrons. The van der Waals surface area contributed by atoms with Gasteiger partial charge in [0.1, 0.15) is 16.3 Å². The number of rotatable bonds is 3. The summed E-state index contributed by atoms with van der Waals surface area (Å²) < 4.78 is 31.6. The number of hydrogen-bond donors (Lipinski definition) is 1. The van der Waals surface area contributed by atoms with Crippen LogP contribution in [0, 0.1) is 6.92 Å². The highest BCUT2D eigenvalue weighted by molar-refractivity contribution is 7.86. The lowest BCUT2D eigenvalue weighted by Gasteiger charge is -2.08. The second kappa shape index (κ2) is 5.22. The van der Waals surface area contributed by atoms with E-state index in [2.05, 4.69) is 9.98 Å². The lowest BCUT2D eigenvalue weighted by molar-refractivity contribution is 0.483. The molecule has 0 saturated carbocycles. The minimum Gasteiger partial charge on any atom is -0.282 e. The first kappa shape index (κ1) is 14.2. The number of isocyanates is 2. The summed E-state index contributed by atoms with van der Waals surface area (Å²) in [5, 5.41) is -0.201. The van der Waals surface area contributed by atoms with Crippen LogP contribution in [-0.2, 0) is 19.7 Å². The van der Waals surface area contributed by atoms with Crippen LogP contribution in [0.1, 0.15) is 5.56 Å². The van der Waals surface area contributed by atoms with Gasteiger partial charge in [0.15, 0.2) is 0 Å². The highest BCUT2D eigenvalue weighted by Gasteiger charge is 2.25. The smallest absolute Gasteiger partial charge is 0.282 e. The van der Waals surface area contributed by atoms with Gasteiger partial charge in [0.2, 0.25) is 12.2 Å². The van der Waals surface area contributed by atoms with Crippen molar-refractivity contribution in [3.63, 3.8) is 0 Å². The first-order chi connectivity index (χ1) is 8.32. The van der Waals surface area contributed by atoms with Gasteiger partial charge in [-0.05, 0) is 18.6 Å². The Morgan fingerprint density at radius 1 is 1.22 bits per heavy atom. The summed E-state index contributed by atoms with van der Waals surface area (Å²) in [4.78, 5) is 25.9. The largest absolute Gasteiger partial charge is 0.298 e. The topological polar surface area (TPSA) is 113 Å². The van der Waals surface area contributed by atoms with Crippen LogP contribution >= 0.6 is 11.6 Å². The van der Waals surface area contributed by atoms with Crippen molar-refractivity contribution in [2.75, 3.05) is 0 Å². The quantitative estimate of drug-likeness (QED) is 0.518. The van der Waals surface area contributed by atoms with Gasteiger partial charge in [0, 0.05) is 0 Å². The van der Waals surface area contributed by atoms with Gasteiger partial charge in [-0.1, -0.05) is 11.6 Å². The average Bonchev–Trinajstić information content (AvgIpc) is 2.23. The van der Waals surface area contributed by atoms with Crippen LogP contribution < -0.4 is 0 Å². The molecule has 0 amide bonds. The molecule has 0 spiro atoms. The summed E-state index contributed by atoms with van der Waals surface area (Å²) in [6.07, 6.45) is 2.24. The molecule has 0 fully saturated rings. The van der Waals surface area contributed by atoms with Crippen molar-refractivity contribution in [2.24, 2.45) is 9.98 Å². The number of benzene rings is 1. The van der Waals surface area contributed by atoms with Gasteiger partial charge in [-0.25, -0.2) is 9.59 Å². The van der Waals surface area contributed by atoms with Crippen molar-refractivity contribution in [3.05, 3.63) is 16.7 Å². The van der Waals surface area contributed by atoms with E-state index in [0.717, 1.165) is 12.2 Å². The fourth-order valence-electron chi connectivity index (χ4n) is 1.31. The van der Waals surface area contributed by atoms with Gasteiger partial charge < -0.3 is 0 Å². The predicted octanol–water partition coefficient (Wildman–Crippen LogP) is 1.83. The zero-order chi connectivity index (χ0) is 13.9. The second-order valence-electron chi connectivity index (χ2n) is 3.08. The van der Waals surface area contributed by atoms with Crippen molar-refractivity contribution in [2.45, 2.75) is 11.8 Å². The molecular formula is C9H5ClN2O5S. The van der Waals surface area contributed by atoms with Crippen LogP contribution in [0.4, 0.5) is 11.4 Å². The molecule has 0 aromatic heterocycles. The summed E-state index contributed by atoms with van der Waals surface area (Å²) in [5.74, 6) is 0. The van der Waals surface area contributed by atoms with Crippen LogP contribution in [0.3, 0.4) is 0 Å².